The van der Waals surface area contributed by atoms with Crippen LogP contribution in [-0.4, -0.2) is 21.7 Å². The lowest BCUT2D eigenvalue weighted by Gasteiger charge is -2.07. The lowest BCUT2D eigenvalue weighted by atomic mass is 10.4. The fourth-order valence-corrected chi connectivity index (χ4v) is 1.57. The van der Waals surface area contributed by atoms with Gasteiger partial charge in [-0.3, -0.25) is 0 Å². The van der Waals surface area contributed by atoms with Gasteiger partial charge in [-0.15, -0.1) is 0 Å². The number of nitrogens with zero attached hydrogens (tertiary/aromatic N) is 3. The zero-order valence-electron chi connectivity index (χ0n) is 10.2. The lowest BCUT2D eigenvalue weighted by Crippen LogP contribution is -2.07. The van der Waals surface area contributed by atoms with Gasteiger partial charge in [0.15, 0.2) is 5.82 Å². The maximum absolute atomic E-state index is 6.01. The minimum absolute atomic E-state index is 0.469. The van der Waals surface area contributed by atoms with E-state index in [0.29, 0.717) is 23.3 Å². The largest absolute Gasteiger partial charge is 0.363 e. The summed E-state index contributed by atoms with van der Waals surface area (Å²) >= 11 is 6.01. The molecule has 0 atom stereocenters. The third-order valence-electron chi connectivity index (χ3n) is 2.19. The molecule has 0 aromatic carbocycles. The average molecular weight is 268 g/mol. The smallest absolute Gasteiger partial charge is 0.224 e. The Balaban J connectivity index is 2.05. The van der Waals surface area contributed by atoms with E-state index in [1.54, 1.807) is 6.20 Å². The van der Waals surface area contributed by atoms with Crippen molar-refractivity contribution in [2.75, 3.05) is 17.2 Å². The van der Waals surface area contributed by atoms with Crippen molar-refractivity contribution in [2.24, 2.45) is 0 Å². The molecular formula is C11H14ClN5O. The molecule has 0 aliphatic heterocycles. The monoisotopic (exact) mass is 267 g/mol. The van der Waals surface area contributed by atoms with Crippen molar-refractivity contribution in [3.05, 3.63) is 28.7 Å². The Kier molecular flexibility index (Phi) is 3.99. The summed E-state index contributed by atoms with van der Waals surface area (Å²) in [5.41, 5.74) is 0.798. The van der Waals surface area contributed by atoms with Gasteiger partial charge in [0.25, 0.3) is 0 Å². The molecule has 2 rings (SSSR count). The molecule has 2 N–H and O–H groups in total. The maximum atomic E-state index is 6.01. The molecule has 0 saturated heterocycles. The van der Waals surface area contributed by atoms with Crippen LogP contribution in [-0.2, 0) is 6.54 Å². The molecule has 7 heteroatoms. The standard InChI is InChI=1S/C11H14ClN5O/c1-3-13-11-15-6-9(12)10(16-11)14-5-8-4-7(2)18-17-8/h4,6H,3,5H2,1-2H3,(H2,13,14,15,16). The molecule has 2 aromatic heterocycles. The molecule has 0 unspecified atom stereocenters. The van der Waals surface area contributed by atoms with Crippen LogP contribution in [0.4, 0.5) is 11.8 Å². The predicted molar refractivity (Wildman–Crippen MR) is 69.8 cm³/mol. The molecule has 2 aromatic rings. The second kappa shape index (κ2) is 5.68. The SMILES string of the molecule is CCNc1ncc(Cl)c(NCc2cc(C)on2)n1. The van der Waals surface area contributed by atoms with Crippen molar-refractivity contribution >= 4 is 23.4 Å². The zero-order valence-corrected chi connectivity index (χ0v) is 11.0. The number of aryl methyl sites for hydroxylation is 1. The van der Waals surface area contributed by atoms with E-state index >= 15 is 0 Å². The van der Waals surface area contributed by atoms with Gasteiger partial charge < -0.3 is 15.2 Å². The Morgan fingerprint density at radius 2 is 2.22 bits per heavy atom. The van der Waals surface area contributed by atoms with Gasteiger partial charge >= 0.3 is 0 Å². The molecule has 0 fully saturated rings. The molecule has 0 bridgehead atoms. The van der Waals surface area contributed by atoms with Crippen LogP contribution >= 0.6 is 11.6 Å². The summed E-state index contributed by atoms with van der Waals surface area (Å²) in [6, 6.07) is 1.85. The highest BCUT2D eigenvalue weighted by molar-refractivity contribution is 6.32. The summed E-state index contributed by atoms with van der Waals surface area (Å²) in [5, 5.41) is 10.5. The van der Waals surface area contributed by atoms with E-state index in [9.17, 15) is 0 Å². The second-order valence-corrected chi connectivity index (χ2v) is 4.11. The summed E-state index contributed by atoms with van der Waals surface area (Å²) in [7, 11) is 0. The van der Waals surface area contributed by atoms with Crippen LogP contribution in [0.15, 0.2) is 16.8 Å². The van der Waals surface area contributed by atoms with Crippen molar-refractivity contribution in [3.63, 3.8) is 0 Å². The van der Waals surface area contributed by atoms with Gasteiger partial charge in [-0.1, -0.05) is 16.8 Å². The maximum Gasteiger partial charge on any atom is 0.224 e. The molecule has 0 saturated carbocycles. The Bertz CT molecular complexity index is 528. The molecule has 6 nitrogen and oxygen atoms in total. The van der Waals surface area contributed by atoms with E-state index in [-0.39, 0.29) is 0 Å². The highest BCUT2D eigenvalue weighted by Crippen LogP contribution is 2.20. The molecule has 0 radical (unpaired) electrons. The summed E-state index contributed by atoms with van der Waals surface area (Å²) in [4.78, 5) is 8.32. The first-order valence-corrected chi connectivity index (χ1v) is 5.99. The number of hydrogen-bond donors (Lipinski definition) is 2. The molecule has 0 aliphatic carbocycles. The summed E-state index contributed by atoms with van der Waals surface area (Å²) in [5.74, 6) is 1.89. The van der Waals surface area contributed by atoms with E-state index in [0.717, 1.165) is 18.0 Å². The van der Waals surface area contributed by atoms with Gasteiger partial charge in [0, 0.05) is 12.6 Å². The van der Waals surface area contributed by atoms with Crippen LogP contribution < -0.4 is 10.6 Å². The fraction of sp³-hybridized carbons (Fsp3) is 0.364. The number of rotatable bonds is 5. The first-order chi connectivity index (χ1) is 8.69. The molecule has 18 heavy (non-hydrogen) atoms. The van der Waals surface area contributed by atoms with Crippen LogP contribution in [0.3, 0.4) is 0 Å². The quantitative estimate of drug-likeness (QED) is 0.867. The summed E-state index contributed by atoms with van der Waals surface area (Å²) < 4.78 is 4.98. The van der Waals surface area contributed by atoms with Crippen LogP contribution in [0, 0.1) is 6.92 Å². The van der Waals surface area contributed by atoms with Gasteiger partial charge in [-0.2, -0.15) is 4.98 Å². The first-order valence-electron chi connectivity index (χ1n) is 5.61. The van der Waals surface area contributed by atoms with Crippen LogP contribution in [0.25, 0.3) is 0 Å². The van der Waals surface area contributed by atoms with E-state index in [2.05, 4.69) is 25.8 Å². The highest BCUT2D eigenvalue weighted by atomic mass is 35.5. The topological polar surface area (TPSA) is 75.9 Å². The molecule has 0 aliphatic rings. The van der Waals surface area contributed by atoms with Gasteiger partial charge in [0.2, 0.25) is 5.95 Å². The third-order valence-corrected chi connectivity index (χ3v) is 2.47. The van der Waals surface area contributed by atoms with Gasteiger partial charge in [-0.25, -0.2) is 4.98 Å². The average Bonchev–Trinajstić information content (AvgIpc) is 2.76. The predicted octanol–water partition coefficient (Wildman–Crippen LogP) is 2.47. The molecule has 0 spiro atoms. The third kappa shape index (κ3) is 3.10. The van der Waals surface area contributed by atoms with E-state index < -0.39 is 0 Å². The molecule has 0 amide bonds. The van der Waals surface area contributed by atoms with Gasteiger partial charge in [-0.05, 0) is 13.8 Å². The number of nitrogens with one attached hydrogen (secondary N) is 2. The number of hydrogen-bond acceptors (Lipinski definition) is 6. The fourth-order valence-electron chi connectivity index (χ4n) is 1.41. The molecular weight excluding hydrogens is 254 g/mol. The summed E-state index contributed by atoms with van der Waals surface area (Å²) in [6.45, 7) is 5.07. The number of aromatic nitrogens is 3. The second-order valence-electron chi connectivity index (χ2n) is 3.70. The van der Waals surface area contributed by atoms with Crippen molar-refractivity contribution in [1.29, 1.82) is 0 Å². The van der Waals surface area contributed by atoms with Crippen LogP contribution in [0.2, 0.25) is 5.02 Å². The summed E-state index contributed by atoms with van der Waals surface area (Å²) in [6.07, 6.45) is 1.56. The van der Waals surface area contributed by atoms with Crippen molar-refractivity contribution in [3.8, 4) is 0 Å². The highest BCUT2D eigenvalue weighted by Gasteiger charge is 2.06. The van der Waals surface area contributed by atoms with Crippen LogP contribution in [0.1, 0.15) is 18.4 Å². The minimum atomic E-state index is 0.469. The Labute approximate surface area is 110 Å². The van der Waals surface area contributed by atoms with E-state index in [1.165, 1.54) is 0 Å². The van der Waals surface area contributed by atoms with Crippen molar-refractivity contribution in [1.82, 2.24) is 15.1 Å². The minimum Gasteiger partial charge on any atom is -0.363 e. The lowest BCUT2D eigenvalue weighted by molar-refractivity contribution is 0.391. The first kappa shape index (κ1) is 12.6. The number of halogens is 1. The normalized spacial score (nSPS) is 10.4. The Hall–Kier alpha value is -1.82. The van der Waals surface area contributed by atoms with Gasteiger partial charge in [0.1, 0.15) is 16.5 Å². The zero-order chi connectivity index (χ0) is 13.0. The van der Waals surface area contributed by atoms with Crippen LogP contribution in [0.5, 0.6) is 0 Å². The van der Waals surface area contributed by atoms with Crippen molar-refractivity contribution < 1.29 is 4.52 Å². The Morgan fingerprint density at radius 1 is 1.39 bits per heavy atom. The van der Waals surface area contributed by atoms with E-state index in [4.69, 9.17) is 16.1 Å². The van der Waals surface area contributed by atoms with Crippen molar-refractivity contribution in [2.45, 2.75) is 20.4 Å². The van der Waals surface area contributed by atoms with Gasteiger partial charge in [0.05, 0.1) is 12.7 Å². The Morgan fingerprint density at radius 3 is 2.89 bits per heavy atom. The molecule has 2 heterocycles. The van der Waals surface area contributed by atoms with E-state index in [1.807, 2.05) is 19.9 Å². The number of anilines is 2. The molecule has 96 valence electrons.